The third-order valence-corrected chi connectivity index (χ3v) is 9.55. The van der Waals surface area contributed by atoms with Gasteiger partial charge in [0.15, 0.2) is 0 Å². The summed E-state index contributed by atoms with van der Waals surface area (Å²) < 4.78 is 63.9. The predicted octanol–water partition coefficient (Wildman–Crippen LogP) is -4.76. The normalized spacial score (nSPS) is 15.8. The minimum Gasteiger partial charge on any atom is -1.00 e. The zero-order valence-electron chi connectivity index (χ0n) is 27.9. The molecule has 0 unspecified atom stereocenters. The predicted molar refractivity (Wildman–Crippen MR) is 170 cm³/mol. The monoisotopic (exact) mass is 816 g/mol. The van der Waals surface area contributed by atoms with E-state index in [1.54, 1.807) is 50.2 Å². The summed E-state index contributed by atoms with van der Waals surface area (Å²) in [6.07, 6.45) is 1.52. The summed E-state index contributed by atoms with van der Waals surface area (Å²) >= 11 is 2.94. The van der Waals surface area contributed by atoms with E-state index in [0.717, 1.165) is 12.1 Å². The second kappa shape index (κ2) is 27.7. The molecular formula is C27H39BrK2N4O11S2. The number of carbonyl (C=O) groups is 3. The molecule has 0 radical (unpaired) electrons. The van der Waals surface area contributed by atoms with Crippen molar-refractivity contribution >= 4 is 66.1 Å². The number of hydrogen-bond acceptors (Lipinski definition) is 11. The zero-order valence-corrected chi connectivity index (χ0v) is 36.4. The SMILES string of the molecule is CCOC(=O)CBr.CCOC(=O)CN1CCCN(c2ccccc2)S1(=O)=O.O=CO[O-].O=S1(=O)NCCCN1c1ccccc1.[H-].[K+].[K+]. The second-order valence-electron chi connectivity index (χ2n) is 8.70. The Bertz CT molecular complexity index is 1390. The number of esters is 2. The van der Waals surface area contributed by atoms with E-state index in [1.165, 1.54) is 12.9 Å². The van der Waals surface area contributed by atoms with Crippen molar-refractivity contribution in [1.82, 2.24) is 9.03 Å². The summed E-state index contributed by atoms with van der Waals surface area (Å²) in [6, 6.07) is 18.0. The van der Waals surface area contributed by atoms with Crippen molar-refractivity contribution in [2.75, 3.05) is 59.9 Å². The van der Waals surface area contributed by atoms with Gasteiger partial charge in [-0.05, 0) is 51.0 Å². The van der Waals surface area contributed by atoms with Crippen molar-refractivity contribution in [3.05, 3.63) is 60.7 Å². The van der Waals surface area contributed by atoms with Crippen LogP contribution in [0.2, 0.25) is 0 Å². The second-order valence-corrected chi connectivity index (χ2v) is 12.8. The van der Waals surface area contributed by atoms with E-state index in [4.69, 9.17) is 14.8 Å². The van der Waals surface area contributed by atoms with E-state index in [2.05, 4.69) is 30.3 Å². The third kappa shape index (κ3) is 18.7. The Morgan fingerprint density at radius 2 is 1.32 bits per heavy atom. The summed E-state index contributed by atoms with van der Waals surface area (Å²) in [7, 11) is -6.96. The van der Waals surface area contributed by atoms with Gasteiger partial charge in [0, 0.05) is 26.2 Å². The molecular weight excluding hydrogens is 779 g/mol. The van der Waals surface area contributed by atoms with Gasteiger partial charge in [-0.3, -0.25) is 23.0 Å². The molecule has 2 saturated heterocycles. The van der Waals surface area contributed by atoms with Gasteiger partial charge in [0.1, 0.15) is 11.9 Å². The average Bonchev–Trinajstić information content (AvgIpc) is 3.03. The Hall–Kier alpha value is -0.0173. The Morgan fingerprint density at radius 3 is 1.74 bits per heavy atom. The van der Waals surface area contributed by atoms with Crippen molar-refractivity contribution in [2.24, 2.45) is 0 Å². The van der Waals surface area contributed by atoms with E-state index in [9.17, 15) is 26.4 Å². The molecule has 2 aromatic rings. The summed E-state index contributed by atoms with van der Waals surface area (Å²) in [4.78, 5) is 32.9. The summed E-state index contributed by atoms with van der Waals surface area (Å²) in [5, 5.41) is 8.72. The first-order valence-electron chi connectivity index (χ1n) is 13.7. The van der Waals surface area contributed by atoms with Crippen molar-refractivity contribution in [2.45, 2.75) is 26.7 Å². The molecule has 0 spiro atoms. The molecule has 0 amide bonds. The van der Waals surface area contributed by atoms with Gasteiger partial charge in [-0.25, -0.2) is 0 Å². The van der Waals surface area contributed by atoms with Crippen LogP contribution in [0.5, 0.6) is 0 Å². The molecule has 47 heavy (non-hydrogen) atoms. The van der Waals surface area contributed by atoms with Crippen molar-refractivity contribution < 1.29 is 155 Å². The smallest absolute Gasteiger partial charge is 1.00 e. The number of halogens is 1. The maximum Gasteiger partial charge on any atom is 1.00 e. The van der Waals surface area contributed by atoms with Gasteiger partial charge in [-0.2, -0.15) is 25.9 Å². The van der Waals surface area contributed by atoms with E-state index >= 15 is 0 Å². The van der Waals surface area contributed by atoms with Crippen LogP contribution in [-0.4, -0.2) is 90.8 Å². The Morgan fingerprint density at radius 1 is 0.851 bits per heavy atom. The van der Waals surface area contributed by atoms with Crippen LogP contribution in [0.3, 0.4) is 0 Å². The van der Waals surface area contributed by atoms with Crippen LogP contribution in [0.1, 0.15) is 28.1 Å². The first kappa shape index (κ1) is 49.1. The summed E-state index contributed by atoms with van der Waals surface area (Å²) in [5.41, 5.74) is 1.33. The zero-order chi connectivity index (χ0) is 33.7. The first-order chi connectivity index (χ1) is 21.5. The first-order valence-corrected chi connectivity index (χ1v) is 17.7. The number of ether oxygens (including phenoxy) is 2. The maximum absolute atomic E-state index is 12.5. The molecule has 0 bridgehead atoms. The van der Waals surface area contributed by atoms with Crippen molar-refractivity contribution in [3.8, 4) is 0 Å². The van der Waals surface area contributed by atoms with Crippen LogP contribution >= 0.6 is 15.9 Å². The number of hydrogen-bond donors (Lipinski definition) is 1. The minimum atomic E-state index is -3.66. The van der Waals surface area contributed by atoms with Crippen LogP contribution in [0.25, 0.3) is 0 Å². The standard InChI is InChI=1S/C13H18N2O4S.C9H12N2O2S.C4H7BrO2.CH2O3.2K.H/c1-2-19-13(16)11-14-9-6-10-15(20(14,17)18)12-7-4-3-5-8-12;12-14(13)10-7-4-8-11(14)9-5-2-1-3-6-9;1-2-7-4(6)3-5;2-1-4-3;;;/h3-5,7-8H,2,6,9-11H2,1H3;1-3,5-6,10H,4,7-8H2;2-3H2,1H3;1,3H;;;/q;;;;2*+1;-1/p-1. The molecule has 2 aliphatic rings. The molecule has 2 fully saturated rings. The molecule has 0 aromatic heterocycles. The fraction of sp³-hybridized carbons (Fsp3) is 0.444. The largest absolute Gasteiger partial charge is 1.00 e. The van der Waals surface area contributed by atoms with E-state index in [1.807, 2.05) is 24.3 Å². The third-order valence-electron chi connectivity index (χ3n) is 5.64. The number of alkyl halides is 1. The van der Waals surface area contributed by atoms with Crippen LogP contribution in [0, 0.1) is 0 Å². The molecule has 2 heterocycles. The number of nitrogens with one attached hydrogen (secondary N) is 1. The van der Waals surface area contributed by atoms with Gasteiger partial charge in [0.05, 0.1) is 24.6 Å². The van der Waals surface area contributed by atoms with Gasteiger partial charge < -0.3 is 21.0 Å². The molecule has 15 nitrogen and oxygen atoms in total. The molecule has 0 aliphatic carbocycles. The van der Waals surface area contributed by atoms with E-state index in [0.29, 0.717) is 50.2 Å². The maximum atomic E-state index is 12.5. The Balaban J connectivity index is -0.000000633. The van der Waals surface area contributed by atoms with E-state index < -0.39 is 26.4 Å². The fourth-order valence-corrected chi connectivity index (χ4v) is 6.96. The van der Waals surface area contributed by atoms with Crippen LogP contribution in [0.15, 0.2) is 60.7 Å². The number of para-hydroxylation sites is 2. The quantitative estimate of drug-likeness (QED) is 0.0673. The number of rotatable bonds is 8. The van der Waals surface area contributed by atoms with Crippen molar-refractivity contribution in [3.63, 3.8) is 0 Å². The number of benzene rings is 2. The molecule has 20 heteroatoms. The van der Waals surface area contributed by atoms with Gasteiger partial charge in [-0.1, -0.05) is 52.3 Å². The molecule has 0 saturated carbocycles. The molecule has 254 valence electrons. The Kier molecular flexibility index (Phi) is 28.9. The summed E-state index contributed by atoms with van der Waals surface area (Å²) in [6.45, 7) is 5.61. The van der Waals surface area contributed by atoms with E-state index in [-0.39, 0.29) is 130 Å². The fourth-order valence-electron chi connectivity index (χ4n) is 3.81. The van der Waals surface area contributed by atoms with Gasteiger partial charge in [0.2, 0.25) is 0 Å². The van der Waals surface area contributed by atoms with Gasteiger partial charge >= 0.3 is 135 Å². The Labute approximate surface area is 371 Å². The molecule has 0 atom stereocenters. The van der Waals surface area contributed by atoms with Gasteiger partial charge in [0.25, 0.3) is 6.47 Å². The molecule has 2 aromatic carbocycles. The average molecular weight is 818 g/mol. The molecule has 4 rings (SSSR count). The van der Waals surface area contributed by atoms with Gasteiger partial charge in [-0.15, -0.1) is 0 Å². The summed E-state index contributed by atoms with van der Waals surface area (Å²) in [5.74, 6) is -0.728. The number of carbonyl (C=O) groups excluding carboxylic acids is 3. The van der Waals surface area contributed by atoms with Crippen LogP contribution in [-0.2, 0) is 49.2 Å². The molecule has 2 aliphatic heterocycles. The minimum absolute atomic E-state index is 0. The van der Waals surface area contributed by atoms with Crippen LogP contribution in [0.4, 0.5) is 11.4 Å². The topological polar surface area (TPSA) is 192 Å². The number of anilines is 2. The van der Waals surface area contributed by atoms with Crippen molar-refractivity contribution in [1.29, 1.82) is 0 Å². The number of nitrogens with zero attached hydrogens (tertiary/aromatic N) is 3. The van der Waals surface area contributed by atoms with Crippen LogP contribution < -0.4 is 121 Å². The molecule has 1 N–H and O–H groups in total.